The van der Waals surface area contributed by atoms with Crippen molar-refractivity contribution >= 4 is 27.3 Å². The summed E-state index contributed by atoms with van der Waals surface area (Å²) >= 11 is 0. The summed E-state index contributed by atoms with van der Waals surface area (Å²) in [4.78, 5) is 12.8. The number of ether oxygens (including phenoxy) is 1. The molecule has 8 heteroatoms. The zero-order chi connectivity index (χ0) is 19.3. The SMILES string of the molecule is COC1(C(=O)Nc2cccc(S(=O)(=O)Nc3ccccc3)c2)CCNCC1. The second kappa shape index (κ2) is 8.08. The first-order chi connectivity index (χ1) is 13.0. The molecule has 0 atom stereocenters. The summed E-state index contributed by atoms with van der Waals surface area (Å²) in [5.74, 6) is -0.267. The van der Waals surface area contributed by atoms with Crippen LogP contribution >= 0.6 is 0 Å². The number of carbonyl (C=O) groups excluding carboxylic acids is 1. The molecule has 1 amide bonds. The molecule has 0 radical (unpaired) electrons. The van der Waals surface area contributed by atoms with Gasteiger partial charge in [-0.15, -0.1) is 0 Å². The van der Waals surface area contributed by atoms with Gasteiger partial charge in [0.05, 0.1) is 4.90 Å². The molecule has 3 rings (SSSR count). The minimum atomic E-state index is -3.76. The highest BCUT2D eigenvalue weighted by molar-refractivity contribution is 7.92. The number of amides is 1. The van der Waals surface area contributed by atoms with Gasteiger partial charge in [-0.3, -0.25) is 9.52 Å². The monoisotopic (exact) mass is 389 g/mol. The summed E-state index contributed by atoms with van der Waals surface area (Å²) in [5.41, 5.74) is -0.0199. The van der Waals surface area contributed by atoms with Crippen molar-refractivity contribution < 1.29 is 17.9 Å². The van der Waals surface area contributed by atoms with Gasteiger partial charge < -0.3 is 15.4 Å². The smallest absolute Gasteiger partial charge is 0.261 e. The fourth-order valence-electron chi connectivity index (χ4n) is 3.06. The Kier molecular flexibility index (Phi) is 5.79. The van der Waals surface area contributed by atoms with E-state index in [1.54, 1.807) is 42.5 Å². The Balaban J connectivity index is 1.78. The summed E-state index contributed by atoms with van der Waals surface area (Å²) in [7, 11) is -2.24. The van der Waals surface area contributed by atoms with Crippen molar-refractivity contribution in [3.8, 4) is 0 Å². The summed E-state index contributed by atoms with van der Waals surface area (Å²) in [6.07, 6.45) is 1.12. The van der Waals surface area contributed by atoms with E-state index < -0.39 is 15.6 Å². The molecule has 1 aliphatic rings. The third kappa shape index (κ3) is 4.47. The van der Waals surface area contributed by atoms with Crippen molar-refractivity contribution in [2.24, 2.45) is 0 Å². The highest BCUT2D eigenvalue weighted by Gasteiger charge is 2.39. The van der Waals surface area contributed by atoms with E-state index in [1.165, 1.54) is 19.2 Å². The van der Waals surface area contributed by atoms with E-state index in [4.69, 9.17) is 4.74 Å². The van der Waals surface area contributed by atoms with Gasteiger partial charge in [0.25, 0.3) is 15.9 Å². The number of methoxy groups -OCH3 is 1. The van der Waals surface area contributed by atoms with E-state index in [9.17, 15) is 13.2 Å². The fourth-order valence-corrected chi connectivity index (χ4v) is 4.16. The Morgan fingerprint density at radius 3 is 2.37 bits per heavy atom. The number of hydrogen-bond acceptors (Lipinski definition) is 5. The standard InChI is InChI=1S/C19H23N3O4S/c1-26-19(10-12-20-13-11-19)18(23)21-16-8-5-9-17(14-16)27(24,25)22-15-6-3-2-4-7-15/h2-9,14,20,22H,10-13H2,1H3,(H,21,23). The molecule has 3 N–H and O–H groups in total. The molecule has 27 heavy (non-hydrogen) atoms. The van der Waals surface area contributed by atoms with Crippen molar-refractivity contribution in [1.29, 1.82) is 0 Å². The Hall–Kier alpha value is -2.42. The number of anilines is 2. The van der Waals surface area contributed by atoms with Crippen LogP contribution in [0.15, 0.2) is 59.5 Å². The highest BCUT2D eigenvalue weighted by Crippen LogP contribution is 2.25. The van der Waals surface area contributed by atoms with E-state index in [2.05, 4.69) is 15.4 Å². The van der Waals surface area contributed by atoms with Crippen molar-refractivity contribution in [3.63, 3.8) is 0 Å². The number of para-hydroxylation sites is 1. The summed E-state index contributed by atoms with van der Waals surface area (Å²) in [5, 5.41) is 5.99. The van der Waals surface area contributed by atoms with Gasteiger partial charge >= 0.3 is 0 Å². The average molecular weight is 389 g/mol. The Morgan fingerprint density at radius 1 is 1.04 bits per heavy atom. The maximum atomic E-state index is 12.7. The first-order valence-electron chi connectivity index (χ1n) is 8.70. The molecular formula is C19H23N3O4S. The number of benzene rings is 2. The van der Waals surface area contributed by atoms with Crippen LogP contribution < -0.4 is 15.4 Å². The lowest BCUT2D eigenvalue weighted by atomic mass is 9.91. The van der Waals surface area contributed by atoms with Crippen LogP contribution in [0.4, 0.5) is 11.4 Å². The topological polar surface area (TPSA) is 96.5 Å². The molecular weight excluding hydrogens is 366 g/mol. The Labute approximate surface area is 159 Å². The Morgan fingerprint density at radius 2 is 1.70 bits per heavy atom. The van der Waals surface area contributed by atoms with Gasteiger partial charge in [-0.2, -0.15) is 0 Å². The number of carbonyl (C=O) groups is 1. The predicted molar refractivity (Wildman–Crippen MR) is 104 cm³/mol. The fraction of sp³-hybridized carbons (Fsp3) is 0.316. The van der Waals surface area contributed by atoms with E-state index in [-0.39, 0.29) is 10.8 Å². The molecule has 1 saturated heterocycles. The lowest BCUT2D eigenvalue weighted by Gasteiger charge is -2.34. The quantitative estimate of drug-likeness (QED) is 0.704. The lowest BCUT2D eigenvalue weighted by Crippen LogP contribution is -2.51. The van der Waals surface area contributed by atoms with Crippen LogP contribution in [-0.2, 0) is 19.6 Å². The second-order valence-corrected chi connectivity index (χ2v) is 8.08. The van der Waals surface area contributed by atoms with Gasteiger partial charge in [0, 0.05) is 18.5 Å². The van der Waals surface area contributed by atoms with Crippen LogP contribution in [0.3, 0.4) is 0 Å². The minimum Gasteiger partial charge on any atom is -0.368 e. The van der Waals surface area contributed by atoms with Crippen LogP contribution in [0.1, 0.15) is 12.8 Å². The minimum absolute atomic E-state index is 0.0703. The molecule has 0 bridgehead atoms. The molecule has 1 aliphatic heterocycles. The third-order valence-electron chi connectivity index (χ3n) is 4.64. The Bertz CT molecular complexity index is 894. The van der Waals surface area contributed by atoms with Crippen molar-refractivity contribution in [2.75, 3.05) is 30.2 Å². The molecule has 2 aromatic carbocycles. The normalized spacial score (nSPS) is 16.5. The molecule has 144 valence electrons. The first-order valence-corrected chi connectivity index (χ1v) is 10.2. The van der Waals surface area contributed by atoms with E-state index in [0.717, 1.165) is 0 Å². The summed E-state index contributed by atoms with van der Waals surface area (Å²) in [6, 6.07) is 14.8. The van der Waals surface area contributed by atoms with Gasteiger partial charge in [0.2, 0.25) is 0 Å². The van der Waals surface area contributed by atoms with Gasteiger partial charge in [-0.25, -0.2) is 8.42 Å². The maximum Gasteiger partial charge on any atom is 0.261 e. The van der Waals surface area contributed by atoms with E-state index in [1.807, 2.05) is 0 Å². The van der Waals surface area contributed by atoms with Crippen LogP contribution in [0.25, 0.3) is 0 Å². The van der Waals surface area contributed by atoms with Crippen LogP contribution in [0, 0.1) is 0 Å². The molecule has 1 heterocycles. The molecule has 0 spiro atoms. The summed E-state index contributed by atoms with van der Waals surface area (Å²) in [6.45, 7) is 1.38. The number of sulfonamides is 1. The zero-order valence-electron chi connectivity index (χ0n) is 15.1. The number of rotatable bonds is 6. The van der Waals surface area contributed by atoms with Crippen molar-refractivity contribution in [3.05, 3.63) is 54.6 Å². The molecule has 1 fully saturated rings. The molecule has 0 saturated carbocycles. The second-order valence-electron chi connectivity index (χ2n) is 6.40. The van der Waals surface area contributed by atoms with Crippen molar-refractivity contribution in [2.45, 2.75) is 23.3 Å². The van der Waals surface area contributed by atoms with Gasteiger partial charge in [-0.05, 0) is 56.3 Å². The van der Waals surface area contributed by atoms with E-state index >= 15 is 0 Å². The van der Waals surface area contributed by atoms with Crippen LogP contribution in [0.2, 0.25) is 0 Å². The number of hydrogen-bond donors (Lipinski definition) is 3. The molecule has 0 aromatic heterocycles. The first kappa shape index (κ1) is 19.3. The number of piperidine rings is 1. The third-order valence-corrected chi connectivity index (χ3v) is 6.02. The van der Waals surface area contributed by atoms with Crippen LogP contribution in [0.5, 0.6) is 0 Å². The van der Waals surface area contributed by atoms with Gasteiger partial charge in [-0.1, -0.05) is 24.3 Å². The summed E-state index contributed by atoms with van der Waals surface area (Å²) < 4.78 is 33.2. The molecule has 0 aliphatic carbocycles. The van der Waals surface area contributed by atoms with E-state index in [0.29, 0.717) is 37.3 Å². The van der Waals surface area contributed by atoms with Crippen molar-refractivity contribution in [1.82, 2.24) is 5.32 Å². The maximum absolute atomic E-state index is 12.7. The molecule has 7 nitrogen and oxygen atoms in total. The predicted octanol–water partition coefficient (Wildman–Crippen LogP) is 2.19. The van der Waals surface area contributed by atoms with Crippen LogP contribution in [-0.4, -0.2) is 40.1 Å². The number of nitrogens with one attached hydrogen (secondary N) is 3. The lowest BCUT2D eigenvalue weighted by molar-refractivity contribution is -0.140. The van der Waals surface area contributed by atoms with Gasteiger partial charge in [0.15, 0.2) is 0 Å². The zero-order valence-corrected chi connectivity index (χ0v) is 15.9. The largest absolute Gasteiger partial charge is 0.368 e. The highest BCUT2D eigenvalue weighted by atomic mass is 32.2. The molecule has 2 aromatic rings. The van der Waals surface area contributed by atoms with Gasteiger partial charge in [0.1, 0.15) is 5.60 Å². The molecule has 0 unspecified atom stereocenters. The average Bonchev–Trinajstić information content (AvgIpc) is 2.69.